The number of aromatic nitrogens is 1. The zero-order valence-corrected chi connectivity index (χ0v) is 25.0. The van der Waals surface area contributed by atoms with Crippen molar-refractivity contribution in [2.24, 2.45) is 0 Å². The molecule has 0 aliphatic rings. The van der Waals surface area contributed by atoms with Crippen LogP contribution in [0.25, 0.3) is 91.9 Å². The Bertz CT molecular complexity index is 2740. The predicted octanol–water partition coefficient (Wildman–Crippen LogP) is 12.4. The molecule has 0 saturated carbocycles. The Labute approximate surface area is 263 Å². The van der Waals surface area contributed by atoms with E-state index in [4.69, 9.17) is 4.42 Å². The van der Waals surface area contributed by atoms with Crippen molar-refractivity contribution in [2.75, 3.05) is 0 Å². The summed E-state index contributed by atoms with van der Waals surface area (Å²) in [6.45, 7) is 0. The molecule has 3 aromatic heterocycles. The number of hydrogen-bond donors (Lipinski definition) is 0. The third-order valence-corrected chi connectivity index (χ3v) is 10.3. The molecule has 0 aliphatic heterocycles. The van der Waals surface area contributed by atoms with Crippen LogP contribution in [-0.4, -0.2) is 4.57 Å². The zero-order valence-electron chi connectivity index (χ0n) is 24.2. The second-order valence-electron chi connectivity index (χ2n) is 11.7. The Morgan fingerprint density at radius 1 is 0.444 bits per heavy atom. The molecule has 45 heavy (non-hydrogen) atoms. The van der Waals surface area contributed by atoms with Gasteiger partial charge in [0.1, 0.15) is 11.2 Å². The van der Waals surface area contributed by atoms with Crippen LogP contribution in [-0.2, 0) is 0 Å². The van der Waals surface area contributed by atoms with Crippen molar-refractivity contribution in [3.63, 3.8) is 0 Å². The highest BCUT2D eigenvalue weighted by molar-refractivity contribution is 7.26. The normalized spacial score (nSPS) is 12.0. The van der Waals surface area contributed by atoms with E-state index in [1.54, 1.807) is 0 Å². The maximum Gasteiger partial charge on any atom is 0.144 e. The van der Waals surface area contributed by atoms with Crippen LogP contribution in [0.2, 0.25) is 0 Å². The highest BCUT2D eigenvalue weighted by atomic mass is 32.1. The summed E-state index contributed by atoms with van der Waals surface area (Å²) in [7, 11) is 0. The molecule has 0 unspecified atom stereocenters. The largest absolute Gasteiger partial charge is 0.455 e. The Kier molecular flexibility index (Phi) is 5.19. The van der Waals surface area contributed by atoms with Crippen LogP contribution in [0.1, 0.15) is 0 Å². The molecular formula is C42H25NOS. The number of rotatable bonds is 3. The molecule has 0 amide bonds. The maximum atomic E-state index is 6.50. The maximum absolute atomic E-state index is 6.50. The summed E-state index contributed by atoms with van der Waals surface area (Å²) >= 11 is 1.84. The molecule has 210 valence electrons. The van der Waals surface area contributed by atoms with Gasteiger partial charge in [-0.1, -0.05) is 97.1 Å². The summed E-state index contributed by atoms with van der Waals surface area (Å²) in [5.41, 5.74) is 10.4. The number of para-hydroxylation sites is 3. The number of thiophene rings is 1. The molecule has 2 nitrogen and oxygen atoms in total. The first-order valence-electron chi connectivity index (χ1n) is 15.3. The lowest BCUT2D eigenvalue weighted by molar-refractivity contribution is 0.673. The van der Waals surface area contributed by atoms with Gasteiger partial charge in [0.05, 0.1) is 11.0 Å². The van der Waals surface area contributed by atoms with Gasteiger partial charge in [-0.25, -0.2) is 0 Å². The van der Waals surface area contributed by atoms with Crippen LogP contribution in [0.5, 0.6) is 0 Å². The molecule has 0 spiro atoms. The third-order valence-electron chi connectivity index (χ3n) is 9.22. The molecule has 0 saturated heterocycles. The van der Waals surface area contributed by atoms with E-state index in [2.05, 4.69) is 150 Å². The molecule has 0 aliphatic carbocycles. The van der Waals surface area contributed by atoms with Gasteiger partial charge in [-0.3, -0.25) is 0 Å². The highest BCUT2D eigenvalue weighted by Gasteiger charge is 2.18. The van der Waals surface area contributed by atoms with Crippen molar-refractivity contribution in [2.45, 2.75) is 0 Å². The van der Waals surface area contributed by atoms with E-state index in [0.29, 0.717) is 0 Å². The SMILES string of the molecule is c1ccc(-n2c3ccccc3c3cc(-c4ccc(-c5cccc6sc7ccc8c9ccccc9oc8c7c56)cc4)ccc32)cc1. The minimum Gasteiger partial charge on any atom is -0.455 e. The monoisotopic (exact) mass is 591 g/mol. The molecule has 0 radical (unpaired) electrons. The lowest BCUT2D eigenvalue weighted by Crippen LogP contribution is -1.92. The Balaban J connectivity index is 1.12. The minimum absolute atomic E-state index is 0.935. The van der Waals surface area contributed by atoms with Crippen molar-refractivity contribution in [3.8, 4) is 27.9 Å². The number of nitrogens with zero attached hydrogens (tertiary/aromatic N) is 1. The highest BCUT2D eigenvalue weighted by Crippen LogP contribution is 2.45. The van der Waals surface area contributed by atoms with E-state index in [1.807, 2.05) is 17.4 Å². The van der Waals surface area contributed by atoms with E-state index >= 15 is 0 Å². The van der Waals surface area contributed by atoms with Gasteiger partial charge < -0.3 is 8.98 Å². The summed E-state index contributed by atoms with van der Waals surface area (Å²) in [5.74, 6) is 0. The van der Waals surface area contributed by atoms with Crippen molar-refractivity contribution >= 4 is 75.3 Å². The van der Waals surface area contributed by atoms with Gasteiger partial charge in [0.15, 0.2) is 0 Å². The summed E-state index contributed by atoms with van der Waals surface area (Å²) in [4.78, 5) is 0. The fraction of sp³-hybridized carbons (Fsp3) is 0. The summed E-state index contributed by atoms with van der Waals surface area (Å²) in [5, 5.41) is 7.35. The molecule has 0 atom stereocenters. The molecule has 10 rings (SSSR count). The third kappa shape index (κ3) is 3.62. The molecule has 10 aromatic rings. The van der Waals surface area contributed by atoms with Gasteiger partial charge in [-0.2, -0.15) is 0 Å². The van der Waals surface area contributed by atoms with Crippen LogP contribution in [0, 0.1) is 0 Å². The smallest absolute Gasteiger partial charge is 0.144 e. The molecule has 0 bridgehead atoms. The Morgan fingerprint density at radius 2 is 1.16 bits per heavy atom. The minimum atomic E-state index is 0.935. The van der Waals surface area contributed by atoms with Gasteiger partial charge in [0, 0.05) is 47.4 Å². The van der Waals surface area contributed by atoms with E-state index < -0.39 is 0 Å². The lowest BCUT2D eigenvalue weighted by Gasteiger charge is -2.09. The number of fused-ring (bicyclic) bond motifs is 10. The van der Waals surface area contributed by atoms with Crippen molar-refractivity contribution < 1.29 is 4.42 Å². The number of hydrogen-bond acceptors (Lipinski definition) is 2. The van der Waals surface area contributed by atoms with Crippen LogP contribution >= 0.6 is 11.3 Å². The van der Waals surface area contributed by atoms with E-state index in [9.17, 15) is 0 Å². The standard InChI is InChI=1S/C42H25NOS/c1-2-9-29(10-3-1)43-35-14-6-4-11-31(35)34-25-28(21-23-36(34)43)26-17-19-27(20-18-26)30-13-8-16-38-40(30)41-39(45-38)24-22-33-32-12-5-7-15-37(32)44-42(33)41/h1-25H. The fourth-order valence-electron chi connectivity index (χ4n) is 7.18. The van der Waals surface area contributed by atoms with E-state index in [-0.39, 0.29) is 0 Å². The number of furan rings is 1. The summed E-state index contributed by atoms with van der Waals surface area (Å²) in [6.07, 6.45) is 0. The predicted molar refractivity (Wildman–Crippen MR) is 192 cm³/mol. The van der Waals surface area contributed by atoms with Gasteiger partial charge >= 0.3 is 0 Å². The molecule has 0 fully saturated rings. The average Bonchev–Trinajstić information content (AvgIpc) is 3.78. The van der Waals surface area contributed by atoms with Crippen molar-refractivity contribution in [1.29, 1.82) is 0 Å². The first kappa shape index (κ1) is 24.8. The lowest BCUT2D eigenvalue weighted by atomic mass is 9.96. The molecule has 7 aromatic carbocycles. The van der Waals surface area contributed by atoms with E-state index in [1.165, 1.54) is 80.7 Å². The quantitative estimate of drug-likeness (QED) is 0.200. The van der Waals surface area contributed by atoms with Crippen LogP contribution < -0.4 is 0 Å². The topological polar surface area (TPSA) is 18.1 Å². The number of benzene rings is 7. The van der Waals surface area contributed by atoms with Crippen LogP contribution in [0.3, 0.4) is 0 Å². The fourth-order valence-corrected chi connectivity index (χ4v) is 8.31. The van der Waals surface area contributed by atoms with Gasteiger partial charge in [-0.05, 0) is 76.9 Å². The zero-order chi connectivity index (χ0) is 29.5. The van der Waals surface area contributed by atoms with Gasteiger partial charge in [0.25, 0.3) is 0 Å². The van der Waals surface area contributed by atoms with E-state index in [0.717, 1.165) is 11.2 Å². The average molecular weight is 592 g/mol. The van der Waals surface area contributed by atoms with Gasteiger partial charge in [0.2, 0.25) is 0 Å². The van der Waals surface area contributed by atoms with Crippen LogP contribution in [0.4, 0.5) is 0 Å². The summed E-state index contributed by atoms with van der Waals surface area (Å²) < 4.78 is 11.4. The van der Waals surface area contributed by atoms with Crippen LogP contribution in [0.15, 0.2) is 156 Å². The summed E-state index contributed by atoms with van der Waals surface area (Å²) in [6, 6.07) is 54.7. The second kappa shape index (κ2) is 9.43. The molecule has 3 heteroatoms. The second-order valence-corrected chi connectivity index (χ2v) is 12.8. The molecule has 3 heterocycles. The first-order valence-corrected chi connectivity index (χ1v) is 16.1. The Morgan fingerprint density at radius 3 is 2.04 bits per heavy atom. The van der Waals surface area contributed by atoms with Crippen molar-refractivity contribution in [1.82, 2.24) is 4.57 Å². The molecular weight excluding hydrogens is 567 g/mol. The molecule has 0 N–H and O–H groups in total. The Hall–Kier alpha value is -5.64. The van der Waals surface area contributed by atoms with Crippen molar-refractivity contribution in [3.05, 3.63) is 152 Å². The van der Waals surface area contributed by atoms with Gasteiger partial charge in [-0.15, -0.1) is 11.3 Å². The first-order chi connectivity index (χ1) is 22.3.